The SMILES string of the molecule is COC(=O)C1CCCN(c2ccc(C(F)(F)F)nn2)C1. The van der Waals surface area contributed by atoms with E-state index in [0.717, 1.165) is 12.5 Å². The third-order valence-corrected chi connectivity index (χ3v) is 3.22. The average Bonchev–Trinajstić information content (AvgIpc) is 2.46. The molecule has 110 valence electrons. The van der Waals surface area contributed by atoms with Crippen LogP contribution in [0.3, 0.4) is 0 Å². The Labute approximate surface area is 113 Å². The predicted molar refractivity (Wildman–Crippen MR) is 64.0 cm³/mol. The van der Waals surface area contributed by atoms with Crippen LogP contribution in [0.2, 0.25) is 0 Å². The van der Waals surface area contributed by atoms with Crippen molar-refractivity contribution in [3.05, 3.63) is 17.8 Å². The zero-order valence-electron chi connectivity index (χ0n) is 10.9. The fraction of sp³-hybridized carbons (Fsp3) is 0.583. The van der Waals surface area contributed by atoms with Gasteiger partial charge in [0.05, 0.1) is 13.0 Å². The summed E-state index contributed by atoms with van der Waals surface area (Å²) in [5.74, 6) is -0.251. The van der Waals surface area contributed by atoms with Crippen LogP contribution in [-0.2, 0) is 15.7 Å². The van der Waals surface area contributed by atoms with E-state index in [-0.39, 0.29) is 11.9 Å². The molecule has 1 unspecified atom stereocenters. The van der Waals surface area contributed by atoms with E-state index < -0.39 is 11.9 Å². The van der Waals surface area contributed by atoms with E-state index in [4.69, 9.17) is 0 Å². The van der Waals surface area contributed by atoms with E-state index in [9.17, 15) is 18.0 Å². The summed E-state index contributed by atoms with van der Waals surface area (Å²) in [6.07, 6.45) is -3.04. The number of nitrogens with zero attached hydrogens (tertiary/aromatic N) is 3. The molecule has 1 saturated heterocycles. The number of carbonyl (C=O) groups is 1. The standard InChI is InChI=1S/C12H14F3N3O2/c1-20-11(19)8-3-2-6-18(7-8)10-5-4-9(16-17-10)12(13,14)15/h4-5,8H,2-3,6-7H2,1H3. The van der Waals surface area contributed by atoms with Gasteiger partial charge in [-0.25, -0.2) is 0 Å². The summed E-state index contributed by atoms with van der Waals surface area (Å²) in [4.78, 5) is 13.2. The Morgan fingerprint density at radius 3 is 2.70 bits per heavy atom. The van der Waals surface area contributed by atoms with Crippen molar-refractivity contribution in [3.63, 3.8) is 0 Å². The minimum absolute atomic E-state index is 0.280. The van der Waals surface area contributed by atoms with Crippen LogP contribution in [0.15, 0.2) is 12.1 Å². The van der Waals surface area contributed by atoms with Gasteiger partial charge in [-0.1, -0.05) is 0 Å². The van der Waals surface area contributed by atoms with Gasteiger partial charge in [0.1, 0.15) is 0 Å². The molecule has 1 fully saturated rings. The molecule has 1 aromatic rings. The molecule has 0 aromatic carbocycles. The first-order valence-electron chi connectivity index (χ1n) is 6.15. The lowest BCUT2D eigenvalue weighted by Gasteiger charge is -2.31. The minimum atomic E-state index is -4.50. The number of methoxy groups -OCH3 is 1. The molecule has 5 nitrogen and oxygen atoms in total. The van der Waals surface area contributed by atoms with E-state index in [1.165, 1.54) is 13.2 Å². The van der Waals surface area contributed by atoms with Gasteiger partial charge in [-0.2, -0.15) is 13.2 Å². The van der Waals surface area contributed by atoms with Crippen molar-refractivity contribution in [1.29, 1.82) is 0 Å². The first-order chi connectivity index (χ1) is 9.41. The van der Waals surface area contributed by atoms with Crippen LogP contribution < -0.4 is 4.90 Å². The van der Waals surface area contributed by atoms with E-state index in [0.29, 0.717) is 25.3 Å². The minimum Gasteiger partial charge on any atom is -0.469 e. The zero-order valence-corrected chi connectivity index (χ0v) is 10.9. The second-order valence-electron chi connectivity index (χ2n) is 4.58. The predicted octanol–water partition coefficient (Wildman–Crippen LogP) is 1.88. The summed E-state index contributed by atoms with van der Waals surface area (Å²) < 4.78 is 41.9. The van der Waals surface area contributed by atoms with Crippen molar-refractivity contribution in [2.75, 3.05) is 25.1 Å². The molecular formula is C12H14F3N3O2. The molecule has 8 heteroatoms. The Kier molecular flexibility index (Phi) is 4.10. The molecule has 1 aliphatic rings. The van der Waals surface area contributed by atoms with Crippen LogP contribution in [-0.4, -0.2) is 36.4 Å². The number of hydrogen-bond acceptors (Lipinski definition) is 5. The molecule has 0 aliphatic carbocycles. The van der Waals surface area contributed by atoms with Crippen molar-refractivity contribution in [1.82, 2.24) is 10.2 Å². The maximum Gasteiger partial charge on any atom is 0.435 e. The van der Waals surface area contributed by atoms with Gasteiger partial charge in [0.15, 0.2) is 11.5 Å². The lowest BCUT2D eigenvalue weighted by molar-refractivity contribution is -0.145. The highest BCUT2D eigenvalue weighted by Gasteiger charge is 2.33. The number of halogens is 3. The fourth-order valence-electron chi connectivity index (χ4n) is 2.19. The second kappa shape index (κ2) is 5.64. The van der Waals surface area contributed by atoms with Crippen LogP contribution in [0.25, 0.3) is 0 Å². The van der Waals surface area contributed by atoms with Crippen LogP contribution >= 0.6 is 0 Å². The molecule has 0 saturated carbocycles. The van der Waals surface area contributed by atoms with Crippen LogP contribution in [0, 0.1) is 5.92 Å². The lowest BCUT2D eigenvalue weighted by Crippen LogP contribution is -2.39. The number of rotatable bonds is 2. The van der Waals surface area contributed by atoms with Crippen LogP contribution in [0.1, 0.15) is 18.5 Å². The van der Waals surface area contributed by atoms with Crippen molar-refractivity contribution < 1.29 is 22.7 Å². The van der Waals surface area contributed by atoms with E-state index in [1.54, 1.807) is 4.90 Å². The van der Waals surface area contributed by atoms with Gasteiger partial charge in [0, 0.05) is 13.1 Å². The highest BCUT2D eigenvalue weighted by atomic mass is 19.4. The number of anilines is 1. The summed E-state index contributed by atoms with van der Waals surface area (Å²) in [5, 5.41) is 6.77. The average molecular weight is 289 g/mol. The molecule has 1 aliphatic heterocycles. The molecule has 0 spiro atoms. The lowest BCUT2D eigenvalue weighted by atomic mass is 9.98. The third kappa shape index (κ3) is 3.17. The fourth-order valence-corrected chi connectivity index (χ4v) is 2.19. The van der Waals surface area contributed by atoms with Gasteiger partial charge < -0.3 is 9.64 Å². The highest BCUT2D eigenvalue weighted by Crippen LogP contribution is 2.28. The highest BCUT2D eigenvalue weighted by molar-refractivity contribution is 5.73. The largest absolute Gasteiger partial charge is 0.469 e. The molecule has 2 heterocycles. The molecule has 1 atom stereocenters. The normalized spacial score (nSPS) is 19.8. The quantitative estimate of drug-likeness (QED) is 0.778. The van der Waals surface area contributed by atoms with E-state index >= 15 is 0 Å². The maximum atomic E-state index is 12.4. The van der Waals surface area contributed by atoms with Gasteiger partial charge in [0.2, 0.25) is 0 Å². The van der Waals surface area contributed by atoms with Crippen molar-refractivity contribution >= 4 is 11.8 Å². The number of piperidine rings is 1. The number of hydrogen-bond donors (Lipinski definition) is 0. The Bertz CT molecular complexity index is 476. The molecular weight excluding hydrogens is 275 g/mol. The molecule has 2 rings (SSSR count). The Hall–Kier alpha value is -1.86. The molecule has 1 aromatic heterocycles. The Morgan fingerprint density at radius 2 is 2.15 bits per heavy atom. The van der Waals surface area contributed by atoms with Crippen LogP contribution in [0.4, 0.5) is 19.0 Å². The summed E-state index contributed by atoms with van der Waals surface area (Å²) in [7, 11) is 1.32. The summed E-state index contributed by atoms with van der Waals surface area (Å²) in [6.45, 7) is 1.01. The van der Waals surface area contributed by atoms with Gasteiger partial charge in [-0.15, -0.1) is 10.2 Å². The van der Waals surface area contributed by atoms with Crippen molar-refractivity contribution in [3.8, 4) is 0 Å². The summed E-state index contributed by atoms with van der Waals surface area (Å²) in [5.41, 5.74) is -1.03. The number of ether oxygens (including phenoxy) is 1. The monoisotopic (exact) mass is 289 g/mol. The van der Waals surface area contributed by atoms with Crippen molar-refractivity contribution in [2.24, 2.45) is 5.92 Å². The first-order valence-corrected chi connectivity index (χ1v) is 6.15. The Balaban J connectivity index is 2.09. The van der Waals surface area contributed by atoms with E-state index in [2.05, 4.69) is 14.9 Å². The van der Waals surface area contributed by atoms with Crippen LogP contribution in [0.5, 0.6) is 0 Å². The second-order valence-corrected chi connectivity index (χ2v) is 4.58. The third-order valence-electron chi connectivity index (χ3n) is 3.22. The molecule has 0 bridgehead atoms. The summed E-state index contributed by atoms with van der Waals surface area (Å²) in [6, 6.07) is 2.17. The maximum absolute atomic E-state index is 12.4. The molecule has 0 radical (unpaired) electrons. The van der Waals surface area contributed by atoms with Gasteiger partial charge in [-0.3, -0.25) is 4.79 Å². The van der Waals surface area contributed by atoms with Gasteiger partial charge in [0.25, 0.3) is 0 Å². The molecule has 0 amide bonds. The molecule has 20 heavy (non-hydrogen) atoms. The van der Waals surface area contributed by atoms with Gasteiger partial charge in [-0.05, 0) is 25.0 Å². The smallest absolute Gasteiger partial charge is 0.435 e. The first kappa shape index (κ1) is 14.5. The topological polar surface area (TPSA) is 55.3 Å². The zero-order chi connectivity index (χ0) is 14.8. The molecule has 0 N–H and O–H groups in total. The van der Waals surface area contributed by atoms with Crippen molar-refractivity contribution in [2.45, 2.75) is 19.0 Å². The number of alkyl halides is 3. The number of esters is 1. The number of aromatic nitrogens is 2. The summed E-state index contributed by atoms with van der Waals surface area (Å²) >= 11 is 0. The number of carbonyl (C=O) groups excluding carboxylic acids is 1. The van der Waals surface area contributed by atoms with E-state index in [1.807, 2.05) is 0 Å². The van der Waals surface area contributed by atoms with Gasteiger partial charge >= 0.3 is 12.1 Å². The Morgan fingerprint density at radius 1 is 1.40 bits per heavy atom.